The molecule has 4 N–H and O–H groups in total. The van der Waals surface area contributed by atoms with Gasteiger partial charge in [0.2, 0.25) is 5.88 Å². The van der Waals surface area contributed by atoms with Gasteiger partial charge in [-0.3, -0.25) is 4.79 Å². The van der Waals surface area contributed by atoms with Gasteiger partial charge in [0, 0.05) is 25.0 Å². The molecular weight excluding hydrogens is 294 g/mol. The van der Waals surface area contributed by atoms with Crippen LogP contribution < -0.4 is 21.3 Å². The number of hydrazine groups is 1. The van der Waals surface area contributed by atoms with E-state index in [4.69, 9.17) is 22.2 Å². The summed E-state index contributed by atoms with van der Waals surface area (Å²) in [6.45, 7) is 0.338. The van der Waals surface area contributed by atoms with Crippen molar-refractivity contribution >= 4 is 23.3 Å². The summed E-state index contributed by atoms with van der Waals surface area (Å²) in [5.74, 6) is 5.76. The maximum Gasteiger partial charge on any atom is 0.253 e. The zero-order chi connectivity index (χ0) is 15.2. The first-order valence-corrected chi connectivity index (χ1v) is 6.41. The fourth-order valence-corrected chi connectivity index (χ4v) is 1.81. The number of carbonyl (C=O) groups is 1. The fourth-order valence-electron chi connectivity index (χ4n) is 1.59. The minimum atomic E-state index is -0.288. The molecule has 0 saturated heterocycles. The SMILES string of the molecule is COc1ccc(CNC(=O)c2cnc(NN)c(Cl)c2)cn1. The summed E-state index contributed by atoms with van der Waals surface area (Å²) in [6, 6.07) is 5.03. The molecule has 7 nitrogen and oxygen atoms in total. The number of aromatic nitrogens is 2. The van der Waals surface area contributed by atoms with Crippen LogP contribution in [-0.2, 0) is 6.54 Å². The summed E-state index contributed by atoms with van der Waals surface area (Å²) in [4.78, 5) is 20.0. The van der Waals surface area contributed by atoms with E-state index in [0.717, 1.165) is 5.56 Å². The van der Waals surface area contributed by atoms with Crippen molar-refractivity contribution in [1.29, 1.82) is 0 Å². The van der Waals surface area contributed by atoms with Crippen molar-refractivity contribution in [3.05, 3.63) is 46.7 Å². The number of nitrogens with two attached hydrogens (primary N) is 1. The van der Waals surface area contributed by atoms with E-state index in [1.54, 1.807) is 19.4 Å². The summed E-state index contributed by atoms with van der Waals surface area (Å²) >= 11 is 5.92. The number of amides is 1. The molecule has 2 heterocycles. The van der Waals surface area contributed by atoms with Gasteiger partial charge in [-0.2, -0.15) is 0 Å². The number of pyridine rings is 2. The van der Waals surface area contributed by atoms with Crippen LogP contribution in [0.4, 0.5) is 5.82 Å². The molecule has 8 heteroatoms. The normalized spacial score (nSPS) is 10.0. The number of nitrogens with zero attached hydrogens (tertiary/aromatic N) is 2. The number of ether oxygens (including phenoxy) is 1. The summed E-state index contributed by atoms with van der Waals surface area (Å²) in [6.07, 6.45) is 3.02. The Bertz CT molecular complexity index is 633. The zero-order valence-electron chi connectivity index (χ0n) is 11.3. The lowest BCUT2D eigenvalue weighted by Crippen LogP contribution is -2.23. The number of rotatable bonds is 5. The first-order valence-electron chi connectivity index (χ1n) is 6.03. The average molecular weight is 308 g/mol. The lowest BCUT2D eigenvalue weighted by molar-refractivity contribution is 0.0950. The van der Waals surface area contributed by atoms with Crippen LogP contribution in [0.1, 0.15) is 15.9 Å². The first kappa shape index (κ1) is 15.0. The van der Waals surface area contributed by atoms with Crippen LogP contribution in [-0.4, -0.2) is 23.0 Å². The van der Waals surface area contributed by atoms with E-state index in [2.05, 4.69) is 20.7 Å². The van der Waals surface area contributed by atoms with E-state index in [-0.39, 0.29) is 10.9 Å². The molecule has 21 heavy (non-hydrogen) atoms. The molecule has 1 amide bonds. The van der Waals surface area contributed by atoms with Crippen LogP contribution in [0.15, 0.2) is 30.6 Å². The van der Waals surface area contributed by atoms with Gasteiger partial charge in [-0.25, -0.2) is 15.8 Å². The van der Waals surface area contributed by atoms with Gasteiger partial charge < -0.3 is 15.5 Å². The number of methoxy groups -OCH3 is 1. The summed E-state index contributed by atoms with van der Waals surface area (Å²) < 4.78 is 4.96. The molecule has 2 aromatic heterocycles. The Kier molecular flexibility index (Phi) is 4.91. The monoisotopic (exact) mass is 307 g/mol. The highest BCUT2D eigenvalue weighted by molar-refractivity contribution is 6.33. The topological polar surface area (TPSA) is 102 Å². The van der Waals surface area contributed by atoms with Crippen LogP contribution >= 0.6 is 11.6 Å². The van der Waals surface area contributed by atoms with Crippen LogP contribution in [0.25, 0.3) is 0 Å². The zero-order valence-corrected chi connectivity index (χ0v) is 12.0. The second kappa shape index (κ2) is 6.87. The van der Waals surface area contributed by atoms with Crippen molar-refractivity contribution in [2.75, 3.05) is 12.5 Å². The Balaban J connectivity index is 1.99. The van der Waals surface area contributed by atoms with Crippen LogP contribution in [0.2, 0.25) is 5.02 Å². The average Bonchev–Trinajstić information content (AvgIpc) is 2.53. The minimum absolute atomic E-state index is 0.274. The standard InChI is InChI=1S/C13H14ClN5O2/c1-21-11-3-2-8(5-16-11)6-18-13(20)9-4-10(14)12(19-15)17-7-9/h2-5,7H,6,15H2,1H3,(H,17,19)(H,18,20). The molecule has 0 aliphatic rings. The van der Waals surface area contributed by atoms with E-state index >= 15 is 0 Å². The first-order chi connectivity index (χ1) is 10.1. The van der Waals surface area contributed by atoms with Crippen molar-refractivity contribution in [2.45, 2.75) is 6.54 Å². The molecule has 0 unspecified atom stereocenters. The largest absolute Gasteiger partial charge is 0.481 e. The lowest BCUT2D eigenvalue weighted by atomic mass is 10.2. The third-order valence-electron chi connectivity index (χ3n) is 2.70. The van der Waals surface area contributed by atoms with Gasteiger partial charge >= 0.3 is 0 Å². The molecule has 0 aliphatic carbocycles. The molecule has 0 aliphatic heterocycles. The van der Waals surface area contributed by atoms with Crippen molar-refractivity contribution in [3.63, 3.8) is 0 Å². The van der Waals surface area contributed by atoms with Crippen LogP contribution in [0.5, 0.6) is 5.88 Å². The third-order valence-corrected chi connectivity index (χ3v) is 2.99. The highest BCUT2D eigenvalue weighted by Gasteiger charge is 2.09. The Morgan fingerprint density at radius 3 is 2.76 bits per heavy atom. The minimum Gasteiger partial charge on any atom is -0.481 e. The van der Waals surface area contributed by atoms with Gasteiger partial charge in [-0.05, 0) is 11.6 Å². The number of carbonyl (C=O) groups excluding carboxylic acids is 1. The fraction of sp³-hybridized carbons (Fsp3) is 0.154. The van der Waals surface area contributed by atoms with E-state index in [1.807, 2.05) is 6.07 Å². The molecular formula is C13H14ClN5O2. The van der Waals surface area contributed by atoms with E-state index in [1.165, 1.54) is 12.3 Å². The molecule has 2 aromatic rings. The van der Waals surface area contributed by atoms with Crippen molar-refractivity contribution in [2.24, 2.45) is 5.84 Å². The van der Waals surface area contributed by atoms with Crippen LogP contribution in [0, 0.1) is 0 Å². The number of halogens is 1. The molecule has 0 radical (unpaired) electrons. The van der Waals surface area contributed by atoms with Gasteiger partial charge in [-0.1, -0.05) is 17.7 Å². The maximum absolute atomic E-state index is 12.0. The second-order valence-corrected chi connectivity index (χ2v) is 4.50. The summed E-state index contributed by atoms with van der Waals surface area (Å²) in [5.41, 5.74) is 3.53. The predicted molar refractivity (Wildman–Crippen MR) is 79.0 cm³/mol. The molecule has 2 rings (SSSR count). The van der Waals surface area contributed by atoms with Crippen molar-refractivity contribution in [1.82, 2.24) is 15.3 Å². The van der Waals surface area contributed by atoms with Gasteiger partial charge in [0.25, 0.3) is 5.91 Å². The number of anilines is 1. The van der Waals surface area contributed by atoms with Gasteiger partial charge in [-0.15, -0.1) is 0 Å². The van der Waals surface area contributed by atoms with E-state index in [0.29, 0.717) is 23.8 Å². The van der Waals surface area contributed by atoms with Crippen LogP contribution in [0.3, 0.4) is 0 Å². The number of hydrogen-bond acceptors (Lipinski definition) is 6. The van der Waals surface area contributed by atoms with Gasteiger partial charge in [0.15, 0.2) is 5.82 Å². The van der Waals surface area contributed by atoms with E-state index < -0.39 is 0 Å². The van der Waals surface area contributed by atoms with Gasteiger partial charge in [0.05, 0.1) is 17.7 Å². The van der Waals surface area contributed by atoms with E-state index in [9.17, 15) is 4.79 Å². The van der Waals surface area contributed by atoms with Gasteiger partial charge in [0.1, 0.15) is 0 Å². The molecule has 0 bridgehead atoms. The molecule has 0 aromatic carbocycles. The molecule has 0 saturated carbocycles. The highest BCUT2D eigenvalue weighted by Crippen LogP contribution is 2.18. The second-order valence-electron chi connectivity index (χ2n) is 4.09. The number of nitrogen functional groups attached to an aromatic ring is 1. The molecule has 0 spiro atoms. The molecule has 0 fully saturated rings. The number of hydrogen-bond donors (Lipinski definition) is 3. The summed E-state index contributed by atoms with van der Waals surface area (Å²) in [5, 5.41) is 3.02. The Morgan fingerprint density at radius 1 is 1.38 bits per heavy atom. The smallest absolute Gasteiger partial charge is 0.253 e. The molecule has 0 atom stereocenters. The summed E-state index contributed by atoms with van der Waals surface area (Å²) in [7, 11) is 1.54. The molecule has 110 valence electrons. The highest BCUT2D eigenvalue weighted by atomic mass is 35.5. The Morgan fingerprint density at radius 2 is 2.19 bits per heavy atom. The lowest BCUT2D eigenvalue weighted by Gasteiger charge is -2.07. The predicted octanol–water partition coefficient (Wildman–Crippen LogP) is 1.35. The maximum atomic E-state index is 12.0. The third kappa shape index (κ3) is 3.80. The van der Waals surface area contributed by atoms with Crippen molar-refractivity contribution in [3.8, 4) is 5.88 Å². The number of nitrogens with one attached hydrogen (secondary N) is 2. The quantitative estimate of drug-likeness (QED) is 0.569. The van der Waals surface area contributed by atoms with Crippen molar-refractivity contribution < 1.29 is 9.53 Å². The Hall–Kier alpha value is -2.38. The Labute approximate surface area is 126 Å².